The third kappa shape index (κ3) is 3.38. The molecule has 4 heteroatoms. The molecule has 2 rings (SSSR count). The van der Waals surface area contributed by atoms with Crippen molar-refractivity contribution in [3.8, 4) is 5.75 Å². The van der Waals surface area contributed by atoms with Gasteiger partial charge in [0.25, 0.3) is 0 Å². The number of anilines is 1. The van der Waals surface area contributed by atoms with Crippen LogP contribution in [0.4, 0.5) is 5.69 Å². The fraction of sp³-hybridized carbons (Fsp3) is 0.250. The summed E-state index contributed by atoms with van der Waals surface area (Å²) in [7, 11) is 1.61. The van der Waals surface area contributed by atoms with Crippen LogP contribution in [0, 0.1) is 13.8 Å². The summed E-state index contributed by atoms with van der Waals surface area (Å²) in [5.41, 5.74) is 4.45. The highest BCUT2D eigenvalue weighted by Gasteiger charge is 2.10. The number of hydrogen-bond acceptors (Lipinski definition) is 2. The highest BCUT2D eigenvalue weighted by Crippen LogP contribution is 2.32. The maximum Gasteiger partial charge on any atom is 0.142 e. The lowest BCUT2D eigenvalue weighted by molar-refractivity contribution is 0.410. The molecule has 0 fully saturated rings. The first-order valence-electron chi connectivity index (χ1n) is 6.34. The van der Waals surface area contributed by atoms with E-state index >= 15 is 0 Å². The predicted octanol–water partition coefficient (Wildman–Crippen LogP) is 5.23. The largest absolute Gasteiger partial charge is 0.495 e. The monoisotopic (exact) mass is 309 g/mol. The Balaban J connectivity index is 2.24. The summed E-state index contributed by atoms with van der Waals surface area (Å²) >= 11 is 12.2. The predicted molar refractivity (Wildman–Crippen MR) is 86.3 cm³/mol. The van der Waals surface area contributed by atoms with E-state index < -0.39 is 0 Å². The first-order chi connectivity index (χ1) is 9.51. The Morgan fingerprint density at radius 1 is 1.10 bits per heavy atom. The number of benzene rings is 2. The van der Waals surface area contributed by atoms with Gasteiger partial charge in [-0.2, -0.15) is 0 Å². The van der Waals surface area contributed by atoms with Crippen LogP contribution in [-0.2, 0) is 6.54 Å². The zero-order valence-corrected chi connectivity index (χ0v) is 13.3. The van der Waals surface area contributed by atoms with Gasteiger partial charge < -0.3 is 10.1 Å². The molecule has 0 radical (unpaired) electrons. The number of ether oxygens (including phenoxy) is 1. The fourth-order valence-corrected chi connectivity index (χ4v) is 2.70. The molecule has 0 atom stereocenters. The van der Waals surface area contributed by atoms with E-state index in [1.54, 1.807) is 13.2 Å². The molecule has 1 N–H and O–H groups in total. The summed E-state index contributed by atoms with van der Waals surface area (Å²) in [5.74, 6) is 0.661. The molecule has 2 aromatic carbocycles. The van der Waals surface area contributed by atoms with E-state index in [9.17, 15) is 0 Å². The molecule has 0 aliphatic rings. The molecule has 0 aliphatic heterocycles. The normalized spacial score (nSPS) is 10.4. The van der Waals surface area contributed by atoms with Crippen molar-refractivity contribution in [2.75, 3.05) is 12.4 Å². The Labute approximate surface area is 129 Å². The molecule has 0 amide bonds. The molecule has 2 aromatic rings. The second-order valence-electron chi connectivity index (χ2n) is 4.75. The van der Waals surface area contributed by atoms with E-state index in [4.69, 9.17) is 27.9 Å². The average molecular weight is 310 g/mol. The quantitative estimate of drug-likeness (QED) is 0.835. The third-order valence-corrected chi connectivity index (χ3v) is 3.65. The fourth-order valence-electron chi connectivity index (χ4n) is 2.09. The summed E-state index contributed by atoms with van der Waals surface area (Å²) in [6.07, 6.45) is 0. The van der Waals surface area contributed by atoms with E-state index in [2.05, 4.69) is 37.4 Å². The molecule has 0 saturated carbocycles. The Morgan fingerprint density at radius 3 is 2.55 bits per heavy atom. The van der Waals surface area contributed by atoms with Gasteiger partial charge in [0.05, 0.1) is 12.1 Å². The summed E-state index contributed by atoms with van der Waals surface area (Å²) in [4.78, 5) is 0. The summed E-state index contributed by atoms with van der Waals surface area (Å²) in [6, 6.07) is 9.86. The second kappa shape index (κ2) is 6.38. The van der Waals surface area contributed by atoms with Gasteiger partial charge in [-0.1, -0.05) is 35.3 Å². The zero-order chi connectivity index (χ0) is 14.7. The highest BCUT2D eigenvalue weighted by molar-refractivity contribution is 6.35. The Kier molecular flexibility index (Phi) is 4.79. The average Bonchev–Trinajstić information content (AvgIpc) is 2.39. The molecule has 0 saturated heterocycles. The SMILES string of the molecule is COc1c(Cl)cc(Cl)cc1CNc1cc(C)ccc1C. The number of rotatable bonds is 4. The van der Waals surface area contributed by atoms with Crippen LogP contribution >= 0.6 is 23.2 Å². The van der Waals surface area contributed by atoms with Crippen molar-refractivity contribution in [2.24, 2.45) is 0 Å². The van der Waals surface area contributed by atoms with E-state index in [1.165, 1.54) is 11.1 Å². The van der Waals surface area contributed by atoms with Crippen LogP contribution in [0.15, 0.2) is 30.3 Å². The second-order valence-corrected chi connectivity index (χ2v) is 5.60. The number of aryl methyl sites for hydroxylation is 2. The van der Waals surface area contributed by atoms with Crippen molar-refractivity contribution < 1.29 is 4.74 Å². The molecule has 0 spiro atoms. The van der Waals surface area contributed by atoms with Crippen LogP contribution in [0.3, 0.4) is 0 Å². The van der Waals surface area contributed by atoms with Crippen molar-refractivity contribution in [1.82, 2.24) is 0 Å². The highest BCUT2D eigenvalue weighted by atomic mass is 35.5. The van der Waals surface area contributed by atoms with Crippen LogP contribution in [0.1, 0.15) is 16.7 Å². The summed E-state index contributed by atoms with van der Waals surface area (Å²) in [6.45, 7) is 4.75. The molecular formula is C16H17Cl2NO. The van der Waals surface area contributed by atoms with Crippen molar-refractivity contribution in [2.45, 2.75) is 20.4 Å². The molecule has 0 aliphatic carbocycles. The van der Waals surface area contributed by atoms with E-state index in [-0.39, 0.29) is 0 Å². The lowest BCUT2D eigenvalue weighted by Crippen LogP contribution is -2.03. The molecule has 0 unspecified atom stereocenters. The Morgan fingerprint density at radius 2 is 1.85 bits per heavy atom. The maximum atomic E-state index is 6.14. The first kappa shape index (κ1) is 15.0. The smallest absolute Gasteiger partial charge is 0.142 e. The van der Waals surface area contributed by atoms with Gasteiger partial charge in [0.15, 0.2) is 0 Å². The van der Waals surface area contributed by atoms with Crippen LogP contribution < -0.4 is 10.1 Å². The van der Waals surface area contributed by atoms with E-state index in [1.807, 2.05) is 6.07 Å². The molecule has 0 heterocycles. The van der Waals surface area contributed by atoms with Crippen molar-refractivity contribution in [1.29, 1.82) is 0 Å². The van der Waals surface area contributed by atoms with Gasteiger partial charge in [-0.15, -0.1) is 0 Å². The number of halogens is 2. The van der Waals surface area contributed by atoms with Crippen LogP contribution in [0.2, 0.25) is 10.0 Å². The number of hydrogen-bond donors (Lipinski definition) is 1. The molecule has 106 valence electrons. The maximum absolute atomic E-state index is 6.14. The molecule has 0 aromatic heterocycles. The zero-order valence-electron chi connectivity index (χ0n) is 11.8. The Bertz CT molecular complexity index is 626. The van der Waals surface area contributed by atoms with Gasteiger partial charge >= 0.3 is 0 Å². The standard InChI is InChI=1S/C16H17Cl2NO/c1-10-4-5-11(2)15(6-10)19-9-12-7-13(17)8-14(18)16(12)20-3/h4-8,19H,9H2,1-3H3. The lowest BCUT2D eigenvalue weighted by Gasteiger charge is -2.14. The summed E-state index contributed by atoms with van der Waals surface area (Å²) in [5, 5.41) is 4.53. The van der Waals surface area contributed by atoms with Gasteiger partial charge in [0.1, 0.15) is 5.75 Å². The Hall–Kier alpha value is -1.38. The van der Waals surface area contributed by atoms with Crippen LogP contribution in [-0.4, -0.2) is 7.11 Å². The van der Waals surface area contributed by atoms with Gasteiger partial charge in [-0.05, 0) is 43.2 Å². The topological polar surface area (TPSA) is 21.3 Å². The molecule has 0 bridgehead atoms. The number of methoxy groups -OCH3 is 1. The van der Waals surface area contributed by atoms with Crippen LogP contribution in [0.5, 0.6) is 5.75 Å². The third-order valence-electron chi connectivity index (χ3n) is 3.15. The van der Waals surface area contributed by atoms with Crippen molar-refractivity contribution in [3.63, 3.8) is 0 Å². The summed E-state index contributed by atoms with van der Waals surface area (Å²) < 4.78 is 5.34. The minimum absolute atomic E-state index is 0.526. The van der Waals surface area contributed by atoms with Gasteiger partial charge in [-0.25, -0.2) is 0 Å². The lowest BCUT2D eigenvalue weighted by atomic mass is 10.1. The minimum Gasteiger partial charge on any atom is -0.495 e. The van der Waals surface area contributed by atoms with Crippen LogP contribution in [0.25, 0.3) is 0 Å². The molecular weight excluding hydrogens is 293 g/mol. The van der Waals surface area contributed by atoms with Gasteiger partial charge in [0.2, 0.25) is 0 Å². The minimum atomic E-state index is 0.526. The van der Waals surface area contributed by atoms with Gasteiger partial charge in [-0.3, -0.25) is 0 Å². The van der Waals surface area contributed by atoms with E-state index in [0.29, 0.717) is 22.3 Å². The molecule has 20 heavy (non-hydrogen) atoms. The van der Waals surface area contributed by atoms with Gasteiger partial charge in [0, 0.05) is 22.8 Å². The van der Waals surface area contributed by atoms with Crippen molar-refractivity contribution >= 4 is 28.9 Å². The van der Waals surface area contributed by atoms with Crippen molar-refractivity contribution in [3.05, 3.63) is 57.1 Å². The number of nitrogens with one attached hydrogen (secondary N) is 1. The molecule has 2 nitrogen and oxygen atoms in total. The first-order valence-corrected chi connectivity index (χ1v) is 7.10. The van der Waals surface area contributed by atoms with E-state index in [0.717, 1.165) is 11.3 Å².